The molecule has 0 fully saturated rings. The van der Waals surface area contributed by atoms with Crippen LogP contribution in [0.15, 0.2) is 29.2 Å². The van der Waals surface area contributed by atoms with Crippen molar-refractivity contribution in [3.63, 3.8) is 0 Å². The van der Waals surface area contributed by atoms with Gasteiger partial charge in [0.2, 0.25) is 0 Å². The molecule has 0 heterocycles. The van der Waals surface area contributed by atoms with Gasteiger partial charge in [-0.1, -0.05) is 24.6 Å². The van der Waals surface area contributed by atoms with E-state index in [1.807, 2.05) is 13.8 Å². The minimum atomic E-state index is -3.54. The van der Waals surface area contributed by atoms with Crippen LogP contribution in [0.3, 0.4) is 0 Å². The zero-order valence-electron chi connectivity index (χ0n) is 12.0. The Hall–Kier alpha value is -0.960. The summed E-state index contributed by atoms with van der Waals surface area (Å²) in [7, 11) is -5.58. The lowest BCUT2D eigenvalue weighted by atomic mass is 10.2. The minimum absolute atomic E-state index is 0.219. The van der Waals surface area contributed by atoms with Gasteiger partial charge in [-0.15, -0.1) is 0 Å². The normalized spacial score (nSPS) is 11.6. The van der Waals surface area contributed by atoms with Crippen LogP contribution in [0.4, 0.5) is 0 Å². The van der Waals surface area contributed by atoms with Gasteiger partial charge < -0.3 is 0 Å². The monoisotopic (exact) mass is 324 g/mol. The molecular formula is C12H20O6S2. The summed E-state index contributed by atoms with van der Waals surface area (Å²) in [6, 6.07) is 6.62. The summed E-state index contributed by atoms with van der Waals surface area (Å²) in [5, 5.41) is 0. The second-order valence-corrected chi connectivity index (χ2v) is 7.32. The largest absolute Gasteiger partial charge is 0.296 e. The predicted molar refractivity (Wildman–Crippen MR) is 76.5 cm³/mol. The Morgan fingerprint density at radius 3 is 1.85 bits per heavy atom. The summed E-state index contributed by atoms with van der Waals surface area (Å²) in [4.78, 5) is 0.219. The molecule has 0 N–H and O–H groups in total. The van der Waals surface area contributed by atoms with Gasteiger partial charge in [-0.05, 0) is 25.5 Å². The van der Waals surface area contributed by atoms with E-state index in [-0.39, 0.29) is 11.5 Å². The lowest BCUT2D eigenvalue weighted by Crippen LogP contribution is -2.06. The molecule has 0 atom stereocenters. The number of benzene rings is 1. The van der Waals surface area contributed by atoms with Crippen molar-refractivity contribution >= 4 is 20.2 Å². The SMILES string of the molecule is CCCOS(=O)(=O)c1ccc(C)cc1.COS(C)(=O)=O. The van der Waals surface area contributed by atoms with E-state index in [0.717, 1.165) is 18.9 Å². The molecule has 0 radical (unpaired) electrons. The van der Waals surface area contributed by atoms with Gasteiger partial charge in [0.05, 0.1) is 24.9 Å². The Bertz CT molecular complexity index is 587. The summed E-state index contributed by atoms with van der Waals surface area (Å²) < 4.78 is 51.2. The number of hydrogen-bond donors (Lipinski definition) is 0. The zero-order chi connectivity index (χ0) is 15.8. The van der Waals surface area contributed by atoms with E-state index in [4.69, 9.17) is 4.18 Å². The van der Waals surface area contributed by atoms with Crippen molar-refractivity contribution in [3.8, 4) is 0 Å². The van der Waals surface area contributed by atoms with E-state index in [2.05, 4.69) is 4.18 Å². The summed E-state index contributed by atoms with van der Waals surface area (Å²) in [5.41, 5.74) is 1.03. The van der Waals surface area contributed by atoms with Crippen LogP contribution < -0.4 is 0 Å². The van der Waals surface area contributed by atoms with Gasteiger partial charge in [0, 0.05) is 0 Å². The van der Waals surface area contributed by atoms with E-state index in [1.54, 1.807) is 24.3 Å². The number of aryl methyl sites for hydroxylation is 1. The van der Waals surface area contributed by atoms with Gasteiger partial charge in [0.1, 0.15) is 0 Å². The molecular weight excluding hydrogens is 304 g/mol. The maximum Gasteiger partial charge on any atom is 0.296 e. The van der Waals surface area contributed by atoms with Gasteiger partial charge >= 0.3 is 0 Å². The number of rotatable bonds is 5. The van der Waals surface area contributed by atoms with Gasteiger partial charge in [0.15, 0.2) is 0 Å². The van der Waals surface area contributed by atoms with Crippen molar-refractivity contribution in [2.45, 2.75) is 25.2 Å². The van der Waals surface area contributed by atoms with Crippen molar-refractivity contribution in [2.24, 2.45) is 0 Å². The molecule has 0 saturated heterocycles. The highest BCUT2D eigenvalue weighted by Crippen LogP contribution is 2.13. The predicted octanol–water partition coefficient (Wildman–Crippen LogP) is 1.70. The van der Waals surface area contributed by atoms with Gasteiger partial charge in [0.25, 0.3) is 20.2 Å². The van der Waals surface area contributed by atoms with Crippen LogP contribution in [0.2, 0.25) is 0 Å². The fourth-order valence-electron chi connectivity index (χ4n) is 0.966. The Balaban J connectivity index is 0.000000511. The number of hydrogen-bond acceptors (Lipinski definition) is 6. The molecule has 0 amide bonds. The first-order valence-corrected chi connectivity index (χ1v) is 9.06. The summed E-state index contributed by atoms with van der Waals surface area (Å²) in [6.07, 6.45) is 1.68. The van der Waals surface area contributed by atoms with Crippen LogP contribution >= 0.6 is 0 Å². The molecule has 0 aliphatic rings. The van der Waals surface area contributed by atoms with Crippen LogP contribution in [0.1, 0.15) is 18.9 Å². The van der Waals surface area contributed by atoms with E-state index < -0.39 is 20.2 Å². The van der Waals surface area contributed by atoms with Crippen molar-refractivity contribution in [3.05, 3.63) is 29.8 Å². The fourth-order valence-corrected chi connectivity index (χ4v) is 1.96. The third kappa shape index (κ3) is 8.26. The standard InChI is InChI=1S/C10H14O3S.C2H6O3S/c1-3-8-13-14(11,12)10-6-4-9(2)5-7-10;1-5-6(2,3)4/h4-7H,3,8H2,1-2H3;1-2H3. The molecule has 0 unspecified atom stereocenters. The van der Waals surface area contributed by atoms with Crippen LogP contribution in [0.25, 0.3) is 0 Å². The van der Waals surface area contributed by atoms with Gasteiger partial charge in [-0.2, -0.15) is 16.8 Å². The lowest BCUT2D eigenvalue weighted by molar-refractivity contribution is 0.318. The molecule has 0 aliphatic carbocycles. The average molecular weight is 324 g/mol. The fraction of sp³-hybridized carbons (Fsp3) is 0.500. The lowest BCUT2D eigenvalue weighted by Gasteiger charge is -2.04. The maximum atomic E-state index is 11.5. The molecule has 1 aromatic carbocycles. The topological polar surface area (TPSA) is 86.7 Å². The molecule has 1 rings (SSSR count). The van der Waals surface area contributed by atoms with E-state index in [1.165, 1.54) is 0 Å². The summed E-state index contributed by atoms with van der Waals surface area (Å²) in [6.45, 7) is 4.00. The van der Waals surface area contributed by atoms with Crippen molar-refractivity contribution in [1.29, 1.82) is 0 Å². The second kappa shape index (κ2) is 8.35. The first-order chi connectivity index (χ1) is 9.12. The average Bonchev–Trinajstić information content (AvgIpc) is 2.37. The van der Waals surface area contributed by atoms with E-state index in [0.29, 0.717) is 6.42 Å². The molecule has 0 aliphatic heterocycles. The molecule has 0 saturated carbocycles. The first kappa shape index (κ1) is 19.0. The Kier molecular flexibility index (Phi) is 7.95. The molecule has 8 heteroatoms. The van der Waals surface area contributed by atoms with Gasteiger partial charge in [-0.3, -0.25) is 8.37 Å². The second-order valence-electron chi connectivity index (χ2n) is 3.96. The van der Waals surface area contributed by atoms with E-state index >= 15 is 0 Å². The van der Waals surface area contributed by atoms with Crippen LogP contribution in [0.5, 0.6) is 0 Å². The Labute approximate surface area is 121 Å². The third-order valence-corrected chi connectivity index (χ3v) is 3.99. The minimum Gasteiger partial charge on any atom is -0.274 e. The Morgan fingerprint density at radius 2 is 1.50 bits per heavy atom. The van der Waals surface area contributed by atoms with Crippen LogP contribution in [0, 0.1) is 6.92 Å². The van der Waals surface area contributed by atoms with Crippen molar-refractivity contribution in [2.75, 3.05) is 20.0 Å². The maximum absolute atomic E-state index is 11.5. The van der Waals surface area contributed by atoms with Crippen molar-refractivity contribution < 1.29 is 25.2 Å². The molecule has 0 aromatic heterocycles. The smallest absolute Gasteiger partial charge is 0.274 e. The molecule has 116 valence electrons. The van der Waals surface area contributed by atoms with Gasteiger partial charge in [-0.25, -0.2) is 0 Å². The molecule has 6 nitrogen and oxygen atoms in total. The van der Waals surface area contributed by atoms with Crippen LogP contribution in [-0.2, 0) is 28.6 Å². The van der Waals surface area contributed by atoms with E-state index in [9.17, 15) is 16.8 Å². The van der Waals surface area contributed by atoms with Crippen molar-refractivity contribution in [1.82, 2.24) is 0 Å². The highest BCUT2D eigenvalue weighted by atomic mass is 32.2. The molecule has 20 heavy (non-hydrogen) atoms. The quantitative estimate of drug-likeness (QED) is 0.766. The molecule has 0 spiro atoms. The third-order valence-electron chi connectivity index (χ3n) is 2.06. The highest BCUT2D eigenvalue weighted by molar-refractivity contribution is 7.86. The summed E-state index contributed by atoms with van der Waals surface area (Å²) in [5.74, 6) is 0. The summed E-state index contributed by atoms with van der Waals surface area (Å²) >= 11 is 0. The van der Waals surface area contributed by atoms with Crippen LogP contribution in [-0.4, -0.2) is 36.8 Å². The first-order valence-electron chi connectivity index (χ1n) is 5.84. The molecule has 1 aromatic rings. The zero-order valence-corrected chi connectivity index (χ0v) is 13.6. The highest BCUT2D eigenvalue weighted by Gasteiger charge is 2.13. The molecule has 0 bridgehead atoms. The Morgan fingerprint density at radius 1 is 1.05 bits per heavy atom.